The van der Waals surface area contributed by atoms with Gasteiger partial charge < -0.3 is 10.4 Å². The van der Waals surface area contributed by atoms with Crippen LogP contribution in [0.25, 0.3) is 0 Å². The molecule has 0 saturated carbocycles. The Morgan fingerprint density at radius 1 is 1.18 bits per heavy atom. The summed E-state index contributed by atoms with van der Waals surface area (Å²) in [7, 11) is 0. The summed E-state index contributed by atoms with van der Waals surface area (Å²) in [5, 5.41) is 12.6. The summed E-state index contributed by atoms with van der Waals surface area (Å²) in [6.07, 6.45) is 0. The van der Waals surface area contributed by atoms with E-state index in [0.717, 1.165) is 12.1 Å². The van der Waals surface area contributed by atoms with Crippen molar-refractivity contribution in [2.75, 3.05) is 18.4 Å². The molecule has 0 unspecified atom stereocenters. The van der Waals surface area contributed by atoms with Gasteiger partial charge in [0.25, 0.3) is 0 Å². The number of carboxylic acids is 1. The van der Waals surface area contributed by atoms with Crippen LogP contribution in [0.15, 0.2) is 18.2 Å². The molecule has 1 rings (SSSR count). The molecular weight excluding hydrogens is 234 g/mol. The largest absolute Gasteiger partial charge is 0.480 e. The van der Waals surface area contributed by atoms with E-state index in [1.165, 1.54) is 6.07 Å². The number of amides is 1. The van der Waals surface area contributed by atoms with Gasteiger partial charge in [0.1, 0.15) is 17.3 Å². The topological polar surface area (TPSA) is 78.4 Å². The van der Waals surface area contributed by atoms with Gasteiger partial charge in [0.15, 0.2) is 0 Å². The Hall–Kier alpha value is -2.02. The molecule has 7 heteroatoms. The van der Waals surface area contributed by atoms with E-state index < -0.39 is 35.7 Å². The highest BCUT2D eigenvalue weighted by Gasteiger charge is 2.11. The predicted molar refractivity (Wildman–Crippen MR) is 55.5 cm³/mol. The van der Waals surface area contributed by atoms with Crippen molar-refractivity contribution in [1.29, 1.82) is 0 Å². The molecule has 3 N–H and O–H groups in total. The van der Waals surface area contributed by atoms with Crippen LogP contribution in [-0.2, 0) is 9.59 Å². The number of hydrogen-bond donors (Lipinski definition) is 3. The summed E-state index contributed by atoms with van der Waals surface area (Å²) in [6, 6.07) is 3.18. The fourth-order valence-corrected chi connectivity index (χ4v) is 1.08. The highest BCUT2D eigenvalue weighted by molar-refractivity contribution is 5.92. The molecule has 0 bridgehead atoms. The van der Waals surface area contributed by atoms with E-state index in [2.05, 4.69) is 5.32 Å². The summed E-state index contributed by atoms with van der Waals surface area (Å²) < 4.78 is 26.2. The number of nitrogens with one attached hydrogen (secondary N) is 2. The van der Waals surface area contributed by atoms with Crippen molar-refractivity contribution in [3.8, 4) is 0 Å². The molecule has 1 aromatic carbocycles. The van der Waals surface area contributed by atoms with Crippen LogP contribution < -0.4 is 10.6 Å². The minimum atomic E-state index is -1.13. The summed E-state index contributed by atoms with van der Waals surface area (Å²) in [4.78, 5) is 21.3. The number of para-hydroxylation sites is 1. The van der Waals surface area contributed by atoms with E-state index in [9.17, 15) is 18.4 Å². The first-order valence-corrected chi connectivity index (χ1v) is 4.67. The zero-order chi connectivity index (χ0) is 12.8. The Bertz CT molecular complexity index is 417. The summed E-state index contributed by atoms with van der Waals surface area (Å²) >= 11 is 0. The SMILES string of the molecule is O=C(O)CNCC(=O)Nc1c(F)cccc1F. The lowest BCUT2D eigenvalue weighted by Gasteiger charge is -2.07. The first kappa shape index (κ1) is 13.0. The number of carboxylic acid groups (broad SMARTS) is 1. The Morgan fingerprint density at radius 3 is 2.29 bits per heavy atom. The van der Waals surface area contributed by atoms with Crippen molar-refractivity contribution in [1.82, 2.24) is 5.32 Å². The number of carbonyl (C=O) groups is 2. The third-order valence-corrected chi connectivity index (χ3v) is 1.79. The Kier molecular flexibility index (Phi) is 4.53. The molecular formula is C10H10F2N2O3. The van der Waals surface area contributed by atoms with Gasteiger partial charge in [-0.15, -0.1) is 0 Å². The van der Waals surface area contributed by atoms with Crippen LogP contribution >= 0.6 is 0 Å². The first-order chi connectivity index (χ1) is 8.00. The number of hydrogen-bond acceptors (Lipinski definition) is 3. The Balaban J connectivity index is 2.53. The van der Waals surface area contributed by atoms with Crippen LogP contribution in [0.3, 0.4) is 0 Å². The first-order valence-electron chi connectivity index (χ1n) is 4.67. The third kappa shape index (κ3) is 4.15. The molecule has 17 heavy (non-hydrogen) atoms. The van der Waals surface area contributed by atoms with Crippen molar-refractivity contribution in [2.45, 2.75) is 0 Å². The maximum absolute atomic E-state index is 13.1. The van der Waals surface area contributed by atoms with E-state index in [1.54, 1.807) is 0 Å². The van der Waals surface area contributed by atoms with Gasteiger partial charge in [-0.1, -0.05) is 6.07 Å². The molecule has 0 aromatic heterocycles. The zero-order valence-electron chi connectivity index (χ0n) is 8.67. The van der Waals surface area contributed by atoms with Crippen molar-refractivity contribution < 1.29 is 23.5 Å². The Morgan fingerprint density at radius 2 is 1.76 bits per heavy atom. The average Bonchev–Trinajstić information content (AvgIpc) is 2.23. The van der Waals surface area contributed by atoms with E-state index in [1.807, 2.05) is 5.32 Å². The maximum atomic E-state index is 13.1. The minimum Gasteiger partial charge on any atom is -0.480 e. The van der Waals surface area contributed by atoms with Crippen LogP contribution in [-0.4, -0.2) is 30.1 Å². The van der Waals surface area contributed by atoms with Gasteiger partial charge in [0, 0.05) is 0 Å². The quantitative estimate of drug-likeness (QED) is 0.707. The molecule has 0 atom stereocenters. The van der Waals surface area contributed by atoms with Gasteiger partial charge in [0.2, 0.25) is 5.91 Å². The Labute approximate surface area is 95.4 Å². The van der Waals surface area contributed by atoms with Gasteiger partial charge in [-0.25, -0.2) is 8.78 Å². The van der Waals surface area contributed by atoms with E-state index in [-0.39, 0.29) is 6.54 Å². The number of carbonyl (C=O) groups excluding carboxylic acids is 1. The molecule has 0 radical (unpaired) electrons. The molecule has 92 valence electrons. The zero-order valence-corrected chi connectivity index (χ0v) is 8.67. The maximum Gasteiger partial charge on any atom is 0.317 e. The molecule has 0 saturated heterocycles. The number of halogens is 2. The number of rotatable bonds is 5. The molecule has 0 fully saturated rings. The van der Waals surface area contributed by atoms with Crippen LogP contribution in [0, 0.1) is 11.6 Å². The van der Waals surface area contributed by atoms with Crippen molar-refractivity contribution >= 4 is 17.6 Å². The smallest absolute Gasteiger partial charge is 0.317 e. The molecule has 1 amide bonds. The molecule has 0 aliphatic rings. The van der Waals surface area contributed by atoms with E-state index >= 15 is 0 Å². The van der Waals surface area contributed by atoms with Crippen LogP contribution in [0.4, 0.5) is 14.5 Å². The molecule has 0 spiro atoms. The normalized spacial score (nSPS) is 10.0. The summed E-state index contributed by atoms with van der Waals surface area (Å²) in [5.74, 6) is -3.64. The average molecular weight is 244 g/mol. The van der Waals surface area contributed by atoms with Crippen molar-refractivity contribution in [3.05, 3.63) is 29.8 Å². The molecule has 5 nitrogen and oxygen atoms in total. The van der Waals surface area contributed by atoms with Gasteiger partial charge in [-0.05, 0) is 12.1 Å². The highest BCUT2D eigenvalue weighted by Crippen LogP contribution is 2.17. The molecule has 0 aliphatic carbocycles. The highest BCUT2D eigenvalue weighted by atomic mass is 19.1. The number of benzene rings is 1. The van der Waals surface area contributed by atoms with E-state index in [0.29, 0.717) is 0 Å². The van der Waals surface area contributed by atoms with Crippen LogP contribution in [0.5, 0.6) is 0 Å². The fourth-order valence-electron chi connectivity index (χ4n) is 1.08. The number of aliphatic carboxylic acids is 1. The second-order valence-corrected chi connectivity index (χ2v) is 3.14. The standard InChI is InChI=1S/C10H10F2N2O3/c11-6-2-1-3-7(12)10(6)14-8(15)4-13-5-9(16)17/h1-3,13H,4-5H2,(H,14,15)(H,16,17). The monoisotopic (exact) mass is 244 g/mol. The lowest BCUT2D eigenvalue weighted by Crippen LogP contribution is -2.32. The van der Waals surface area contributed by atoms with Gasteiger partial charge in [0.05, 0.1) is 13.1 Å². The molecule has 0 heterocycles. The molecule has 0 aliphatic heterocycles. The van der Waals surface area contributed by atoms with Crippen molar-refractivity contribution in [3.63, 3.8) is 0 Å². The summed E-state index contributed by atoms with van der Waals surface area (Å²) in [6.45, 7) is -0.757. The van der Waals surface area contributed by atoms with Crippen LogP contribution in [0.1, 0.15) is 0 Å². The van der Waals surface area contributed by atoms with E-state index in [4.69, 9.17) is 5.11 Å². The molecule has 1 aromatic rings. The number of anilines is 1. The third-order valence-electron chi connectivity index (χ3n) is 1.79. The minimum absolute atomic E-state index is 0.347. The van der Waals surface area contributed by atoms with Gasteiger partial charge in [-0.2, -0.15) is 0 Å². The van der Waals surface area contributed by atoms with Gasteiger partial charge in [-0.3, -0.25) is 14.9 Å². The van der Waals surface area contributed by atoms with Gasteiger partial charge >= 0.3 is 5.97 Å². The predicted octanol–water partition coefficient (Wildman–Crippen LogP) is 0.577. The second kappa shape index (κ2) is 5.90. The lowest BCUT2D eigenvalue weighted by atomic mass is 10.3. The van der Waals surface area contributed by atoms with Crippen LogP contribution in [0.2, 0.25) is 0 Å². The summed E-state index contributed by atoms with van der Waals surface area (Å²) in [5.41, 5.74) is -0.547. The second-order valence-electron chi connectivity index (χ2n) is 3.14. The lowest BCUT2D eigenvalue weighted by molar-refractivity contribution is -0.135. The fraction of sp³-hybridized carbons (Fsp3) is 0.200. The van der Waals surface area contributed by atoms with Crippen molar-refractivity contribution in [2.24, 2.45) is 0 Å².